The molecule has 1 atom stereocenters. The molecule has 22 heavy (non-hydrogen) atoms. The van der Waals surface area contributed by atoms with Crippen molar-refractivity contribution in [2.45, 2.75) is 32.4 Å². The van der Waals surface area contributed by atoms with Crippen LogP contribution in [-0.2, 0) is 6.54 Å². The fraction of sp³-hybridized carbons (Fsp3) is 0.294. The van der Waals surface area contributed by atoms with Crippen LogP contribution in [0.2, 0.25) is 0 Å². The Morgan fingerprint density at radius 3 is 2.86 bits per heavy atom. The molecule has 0 spiro atoms. The fourth-order valence-electron chi connectivity index (χ4n) is 2.79. The summed E-state index contributed by atoms with van der Waals surface area (Å²) in [6.45, 7) is 2.31. The van der Waals surface area contributed by atoms with E-state index >= 15 is 0 Å². The minimum absolute atomic E-state index is 0.0949. The van der Waals surface area contributed by atoms with Gasteiger partial charge in [-0.1, -0.05) is 19.1 Å². The third kappa shape index (κ3) is 2.62. The minimum Gasteiger partial charge on any atom is -0.467 e. The van der Waals surface area contributed by atoms with Gasteiger partial charge in [-0.15, -0.1) is 0 Å². The highest BCUT2D eigenvalue weighted by atomic mass is 16.3. The van der Waals surface area contributed by atoms with Crippen LogP contribution >= 0.6 is 0 Å². The fourth-order valence-corrected chi connectivity index (χ4v) is 2.79. The van der Waals surface area contributed by atoms with Gasteiger partial charge in [0, 0.05) is 18.0 Å². The third-order valence-corrected chi connectivity index (χ3v) is 3.93. The van der Waals surface area contributed by atoms with Crippen LogP contribution in [0.25, 0.3) is 0 Å². The summed E-state index contributed by atoms with van der Waals surface area (Å²) in [6.07, 6.45) is 2.67. The molecule has 0 saturated carbocycles. The van der Waals surface area contributed by atoms with Crippen LogP contribution in [0.15, 0.2) is 47.1 Å². The van der Waals surface area contributed by atoms with Gasteiger partial charge in [0.25, 0.3) is 0 Å². The topological polar surface area (TPSA) is 62.6 Å². The molecule has 1 aliphatic heterocycles. The zero-order valence-corrected chi connectivity index (χ0v) is 12.4. The van der Waals surface area contributed by atoms with Crippen LogP contribution in [0.1, 0.15) is 35.9 Å². The maximum atomic E-state index is 12.6. The maximum absolute atomic E-state index is 12.6. The molecule has 0 aliphatic carbocycles. The first-order chi connectivity index (χ1) is 10.7. The molecular formula is C17H18N2O3. The highest BCUT2D eigenvalue weighted by Gasteiger charge is 2.33. The molecule has 2 amide bonds. The molecule has 1 aromatic carbocycles. The van der Waals surface area contributed by atoms with E-state index in [1.807, 2.05) is 31.2 Å². The van der Waals surface area contributed by atoms with Gasteiger partial charge in [-0.3, -0.25) is 9.69 Å². The summed E-state index contributed by atoms with van der Waals surface area (Å²) in [5, 5.41) is 2.86. The van der Waals surface area contributed by atoms with Crippen molar-refractivity contribution in [2.24, 2.45) is 0 Å². The minimum atomic E-state index is -0.205. The number of nitrogens with one attached hydrogen (secondary N) is 1. The molecule has 0 saturated heterocycles. The quantitative estimate of drug-likeness (QED) is 0.945. The number of nitrogens with zero attached hydrogens (tertiary/aromatic N) is 1. The number of fused-ring (bicyclic) bond motifs is 1. The molecule has 0 fully saturated rings. The Morgan fingerprint density at radius 1 is 1.32 bits per heavy atom. The molecular weight excluding hydrogens is 280 g/mol. The molecule has 2 heterocycles. The van der Waals surface area contributed by atoms with Gasteiger partial charge in [-0.25, -0.2) is 4.79 Å². The molecule has 2 aromatic rings. The zero-order valence-electron chi connectivity index (χ0n) is 12.4. The lowest BCUT2D eigenvalue weighted by atomic mass is 9.93. The van der Waals surface area contributed by atoms with Crippen LogP contribution in [0.3, 0.4) is 0 Å². The maximum Gasteiger partial charge on any atom is 0.322 e. The van der Waals surface area contributed by atoms with E-state index < -0.39 is 0 Å². The average molecular weight is 298 g/mol. The predicted molar refractivity (Wildman–Crippen MR) is 82.9 cm³/mol. The Morgan fingerprint density at radius 2 is 2.14 bits per heavy atom. The summed E-state index contributed by atoms with van der Waals surface area (Å²) >= 11 is 0. The van der Waals surface area contributed by atoms with Gasteiger partial charge in [0.15, 0.2) is 5.78 Å². The van der Waals surface area contributed by atoms with E-state index in [9.17, 15) is 9.59 Å². The smallest absolute Gasteiger partial charge is 0.322 e. The number of carbonyl (C=O) groups excluding carboxylic acids is 2. The van der Waals surface area contributed by atoms with Crippen molar-refractivity contribution in [1.82, 2.24) is 5.32 Å². The van der Waals surface area contributed by atoms with E-state index in [-0.39, 0.29) is 17.9 Å². The molecule has 1 aromatic heterocycles. The van der Waals surface area contributed by atoms with Gasteiger partial charge in [0.1, 0.15) is 5.76 Å². The van der Waals surface area contributed by atoms with Gasteiger partial charge in [0.05, 0.1) is 18.5 Å². The van der Waals surface area contributed by atoms with E-state index in [2.05, 4.69) is 5.32 Å². The second-order valence-corrected chi connectivity index (χ2v) is 5.31. The Balaban J connectivity index is 1.84. The largest absolute Gasteiger partial charge is 0.467 e. The van der Waals surface area contributed by atoms with Gasteiger partial charge >= 0.3 is 6.03 Å². The number of urea groups is 1. The van der Waals surface area contributed by atoms with Gasteiger partial charge < -0.3 is 9.73 Å². The van der Waals surface area contributed by atoms with Crippen molar-refractivity contribution in [3.8, 4) is 0 Å². The molecule has 0 bridgehead atoms. The number of para-hydroxylation sites is 1. The normalized spacial score (nSPS) is 17.2. The number of anilines is 1. The number of amides is 2. The monoisotopic (exact) mass is 298 g/mol. The summed E-state index contributed by atoms with van der Waals surface area (Å²) in [6, 6.07) is 10.5. The predicted octanol–water partition coefficient (Wildman–Crippen LogP) is 3.36. The Kier molecular flexibility index (Phi) is 3.96. The summed E-state index contributed by atoms with van der Waals surface area (Å²) in [5.74, 6) is 0.792. The van der Waals surface area contributed by atoms with Crippen LogP contribution in [-0.4, -0.2) is 17.9 Å². The number of benzene rings is 1. The molecule has 1 aliphatic rings. The van der Waals surface area contributed by atoms with Crippen molar-refractivity contribution in [2.75, 3.05) is 4.90 Å². The van der Waals surface area contributed by atoms with E-state index in [0.29, 0.717) is 30.0 Å². The number of rotatable bonds is 3. The average Bonchev–Trinajstić information content (AvgIpc) is 3.06. The van der Waals surface area contributed by atoms with Gasteiger partial charge in [-0.05, 0) is 30.7 Å². The first-order valence-electron chi connectivity index (χ1n) is 7.42. The first-order valence-corrected chi connectivity index (χ1v) is 7.42. The molecule has 1 N–H and O–H groups in total. The van der Waals surface area contributed by atoms with E-state index in [1.54, 1.807) is 23.3 Å². The standard InChI is InChI=1S/C17H18N2O3/c1-2-12-10-16(20)14-7-3-4-8-15(14)19(12)17(21)18-11-13-6-5-9-22-13/h3-9,12H,2,10-11H2,1H3,(H,18,21). The summed E-state index contributed by atoms with van der Waals surface area (Å²) in [7, 11) is 0. The number of Topliss-reactive ketones (excluding diaryl/α,β-unsaturated/α-hetero) is 1. The molecule has 5 heteroatoms. The van der Waals surface area contributed by atoms with E-state index in [1.165, 1.54) is 0 Å². The number of ketones is 1. The highest BCUT2D eigenvalue weighted by molar-refractivity contribution is 6.09. The van der Waals surface area contributed by atoms with Crippen molar-refractivity contribution in [3.63, 3.8) is 0 Å². The third-order valence-electron chi connectivity index (χ3n) is 3.93. The van der Waals surface area contributed by atoms with E-state index in [0.717, 1.165) is 6.42 Å². The Bertz CT molecular complexity index is 679. The SMILES string of the molecule is CCC1CC(=O)c2ccccc2N1C(=O)NCc1ccco1. The molecule has 114 valence electrons. The molecule has 3 rings (SSSR count). The highest BCUT2D eigenvalue weighted by Crippen LogP contribution is 2.31. The van der Waals surface area contributed by atoms with Gasteiger partial charge in [0.2, 0.25) is 0 Å². The number of carbonyl (C=O) groups is 2. The van der Waals surface area contributed by atoms with E-state index in [4.69, 9.17) is 4.42 Å². The molecule has 0 radical (unpaired) electrons. The van der Waals surface area contributed by atoms with Crippen LogP contribution in [0.4, 0.5) is 10.5 Å². The Labute approximate surface area is 128 Å². The second kappa shape index (κ2) is 6.05. The lowest BCUT2D eigenvalue weighted by Gasteiger charge is -2.35. The number of furan rings is 1. The lowest BCUT2D eigenvalue weighted by molar-refractivity contribution is 0.0967. The lowest BCUT2D eigenvalue weighted by Crippen LogP contribution is -2.49. The number of hydrogen-bond acceptors (Lipinski definition) is 3. The van der Waals surface area contributed by atoms with Crippen molar-refractivity contribution < 1.29 is 14.0 Å². The van der Waals surface area contributed by atoms with Crippen LogP contribution < -0.4 is 10.2 Å². The van der Waals surface area contributed by atoms with Crippen molar-refractivity contribution in [1.29, 1.82) is 0 Å². The van der Waals surface area contributed by atoms with Crippen molar-refractivity contribution in [3.05, 3.63) is 54.0 Å². The Hall–Kier alpha value is -2.56. The van der Waals surface area contributed by atoms with Gasteiger partial charge in [-0.2, -0.15) is 0 Å². The summed E-state index contributed by atoms with van der Waals surface area (Å²) in [5.41, 5.74) is 1.29. The zero-order chi connectivity index (χ0) is 15.5. The van der Waals surface area contributed by atoms with Crippen LogP contribution in [0, 0.1) is 0 Å². The summed E-state index contributed by atoms with van der Waals surface area (Å²) in [4.78, 5) is 26.5. The van der Waals surface area contributed by atoms with Crippen LogP contribution in [0.5, 0.6) is 0 Å². The summed E-state index contributed by atoms with van der Waals surface area (Å²) < 4.78 is 5.22. The molecule has 1 unspecified atom stereocenters. The molecule has 5 nitrogen and oxygen atoms in total. The number of hydrogen-bond donors (Lipinski definition) is 1. The van der Waals surface area contributed by atoms with Crippen molar-refractivity contribution >= 4 is 17.5 Å². The first kappa shape index (κ1) is 14.4. The second-order valence-electron chi connectivity index (χ2n) is 5.31.